The standard InChI is InChI=1S/C49H69N7O13/c1-8-9-11-16-38(58)50-35(26-40(60)61)44(63)54-42-29(6)69-49(68)41(28(4)5)53-45(64)36(25-30-14-12-10-13-15-30)55(7)48(67)37(23-27(2)3)56-39(59)22-21-33(47(56)66)51-43(62)34(52-46(42)65)24-31-17-19-32(57)20-18-31/h10,12-15,17-20,27-29,33-37,39,41-42,57,59H,8-9,11,16,21-26H2,1-7H3,(H,50,58)(H,51,62)(H,52,65)(H,53,64)(H,54,63)(H,60,61)/t29-,33+,34+,35+,36+,37+,39-,41+,42+/m1/s1. The minimum Gasteiger partial charge on any atom is -0.508 e. The monoisotopic (exact) mass is 963 g/mol. The Balaban J connectivity index is 1.87. The van der Waals surface area contributed by atoms with Crippen molar-refractivity contribution in [3.63, 3.8) is 0 Å². The summed E-state index contributed by atoms with van der Waals surface area (Å²) in [5.41, 5.74) is 1.08. The third-order valence-electron chi connectivity index (χ3n) is 12.2. The minimum atomic E-state index is -1.87. The number of esters is 1. The molecule has 0 radical (unpaired) electrons. The van der Waals surface area contributed by atoms with E-state index in [0.717, 1.165) is 11.3 Å². The highest BCUT2D eigenvalue weighted by molar-refractivity contribution is 5.99. The molecular weight excluding hydrogens is 895 g/mol. The summed E-state index contributed by atoms with van der Waals surface area (Å²) in [6, 6.07) is 3.99. The van der Waals surface area contributed by atoms with Gasteiger partial charge in [0.1, 0.15) is 60.4 Å². The van der Waals surface area contributed by atoms with Crippen molar-refractivity contribution in [3.05, 3.63) is 65.7 Å². The molecule has 7 amide bonds. The number of ether oxygens (including phenoxy) is 1. The molecule has 2 heterocycles. The lowest BCUT2D eigenvalue weighted by atomic mass is 9.94. The number of nitrogens with one attached hydrogen (secondary N) is 5. The summed E-state index contributed by atoms with van der Waals surface area (Å²) in [6.07, 6.45) is -2.41. The molecule has 378 valence electrons. The highest BCUT2D eigenvalue weighted by Crippen LogP contribution is 2.26. The molecule has 2 fully saturated rings. The van der Waals surface area contributed by atoms with Crippen molar-refractivity contribution >= 4 is 53.3 Å². The number of fused-ring (bicyclic) bond motifs is 2. The first kappa shape index (κ1) is 55.0. The molecular formula is C49H69N7O13. The molecule has 69 heavy (non-hydrogen) atoms. The Morgan fingerprint density at radius 1 is 0.812 bits per heavy atom. The van der Waals surface area contributed by atoms with E-state index in [1.54, 1.807) is 44.2 Å². The summed E-state index contributed by atoms with van der Waals surface area (Å²) in [5, 5.41) is 44.0. The van der Waals surface area contributed by atoms with Crippen LogP contribution >= 0.6 is 0 Å². The number of carbonyl (C=O) groups is 9. The number of aromatic hydroxyl groups is 1. The fraction of sp³-hybridized carbons (Fsp3) is 0.571. The number of aliphatic carboxylic acids is 1. The molecule has 4 rings (SSSR count). The van der Waals surface area contributed by atoms with Crippen molar-refractivity contribution in [1.29, 1.82) is 0 Å². The number of likely N-dealkylation sites (N-methyl/N-ethyl adjacent to an activating group) is 1. The van der Waals surface area contributed by atoms with Crippen LogP contribution in [-0.2, 0) is 60.7 Å². The van der Waals surface area contributed by atoms with E-state index in [-0.39, 0.29) is 50.2 Å². The molecule has 0 aliphatic carbocycles. The number of aliphatic hydroxyl groups is 1. The quantitative estimate of drug-likeness (QED) is 0.0875. The number of hydrogen-bond donors (Lipinski definition) is 8. The van der Waals surface area contributed by atoms with Gasteiger partial charge in [-0.2, -0.15) is 0 Å². The van der Waals surface area contributed by atoms with E-state index in [9.17, 15) is 58.5 Å². The summed E-state index contributed by atoms with van der Waals surface area (Å²) < 4.78 is 5.85. The van der Waals surface area contributed by atoms with Gasteiger partial charge >= 0.3 is 11.9 Å². The van der Waals surface area contributed by atoms with Gasteiger partial charge in [-0.15, -0.1) is 0 Å². The van der Waals surface area contributed by atoms with Gasteiger partial charge in [0.15, 0.2) is 0 Å². The van der Waals surface area contributed by atoms with Gasteiger partial charge in [0.25, 0.3) is 0 Å². The van der Waals surface area contributed by atoms with E-state index >= 15 is 0 Å². The number of unbranched alkanes of at least 4 members (excludes halogenated alkanes) is 2. The van der Waals surface area contributed by atoms with Gasteiger partial charge in [-0.05, 0) is 67.7 Å². The Hall–Kier alpha value is -6.57. The Morgan fingerprint density at radius 3 is 2.07 bits per heavy atom. The van der Waals surface area contributed by atoms with Gasteiger partial charge in [-0.25, -0.2) is 4.79 Å². The van der Waals surface area contributed by atoms with Crippen molar-refractivity contribution in [2.45, 2.75) is 160 Å². The number of carbonyl (C=O) groups excluding carboxylic acids is 8. The third kappa shape index (κ3) is 15.7. The molecule has 8 N–H and O–H groups in total. The first-order valence-electron chi connectivity index (χ1n) is 23.6. The van der Waals surface area contributed by atoms with Crippen molar-refractivity contribution in [2.24, 2.45) is 11.8 Å². The maximum absolute atomic E-state index is 14.8. The summed E-state index contributed by atoms with van der Waals surface area (Å²) in [6.45, 7) is 10.1. The van der Waals surface area contributed by atoms with Crippen LogP contribution in [-0.4, -0.2) is 140 Å². The first-order chi connectivity index (χ1) is 32.6. The lowest BCUT2D eigenvalue weighted by molar-refractivity contribution is -0.166. The van der Waals surface area contributed by atoms with Gasteiger partial charge in [0, 0.05) is 26.3 Å². The first-order valence-corrected chi connectivity index (χ1v) is 23.6. The second-order valence-electron chi connectivity index (χ2n) is 18.6. The summed E-state index contributed by atoms with van der Waals surface area (Å²) in [5.74, 6) is -9.51. The summed E-state index contributed by atoms with van der Waals surface area (Å²) >= 11 is 0. The van der Waals surface area contributed by atoms with Crippen LogP contribution in [0.25, 0.3) is 0 Å². The summed E-state index contributed by atoms with van der Waals surface area (Å²) in [4.78, 5) is 128. The lowest BCUT2D eigenvalue weighted by Gasteiger charge is -2.43. The Labute approximate surface area is 402 Å². The van der Waals surface area contributed by atoms with Crippen LogP contribution in [0.15, 0.2) is 54.6 Å². The van der Waals surface area contributed by atoms with Crippen LogP contribution in [0.3, 0.4) is 0 Å². The van der Waals surface area contributed by atoms with Gasteiger partial charge in [0.2, 0.25) is 41.4 Å². The second-order valence-corrected chi connectivity index (χ2v) is 18.6. The fourth-order valence-electron chi connectivity index (χ4n) is 8.33. The number of rotatable bonds is 16. The SMILES string of the molecule is CCCCCC(=O)N[C@@H](CC(=O)O)C(=O)N[C@@H]1C(=O)N[C@@H](Cc2ccc(O)cc2)C(=O)N[C@H]2CC[C@@H](O)N(C2=O)[C@@H](CC(C)C)C(=O)N(C)[C@@H](Cc2ccccc2)C(=O)N[C@@H](C(C)C)C(=O)O[C@@H]1C. The van der Waals surface area contributed by atoms with Crippen molar-refractivity contribution in [1.82, 2.24) is 36.4 Å². The Bertz CT molecular complexity index is 2140. The van der Waals surface area contributed by atoms with E-state index in [1.165, 1.54) is 43.1 Å². The molecule has 2 bridgehead atoms. The Morgan fingerprint density at radius 2 is 1.46 bits per heavy atom. The van der Waals surface area contributed by atoms with E-state index in [0.29, 0.717) is 24.0 Å². The number of piperidine rings is 1. The molecule has 2 saturated heterocycles. The molecule has 0 spiro atoms. The van der Waals surface area contributed by atoms with Crippen LogP contribution in [0.4, 0.5) is 0 Å². The topological polar surface area (TPSA) is 290 Å². The highest BCUT2D eigenvalue weighted by Gasteiger charge is 2.46. The largest absolute Gasteiger partial charge is 0.508 e. The van der Waals surface area contributed by atoms with Crippen LogP contribution in [0.2, 0.25) is 0 Å². The highest BCUT2D eigenvalue weighted by atomic mass is 16.5. The number of aliphatic hydroxyl groups excluding tert-OH is 1. The molecule has 2 aromatic carbocycles. The molecule has 2 aliphatic heterocycles. The molecule has 9 atom stereocenters. The van der Waals surface area contributed by atoms with E-state index < -0.39 is 120 Å². The predicted octanol–water partition coefficient (Wildman–Crippen LogP) is 1.44. The van der Waals surface area contributed by atoms with E-state index in [1.807, 2.05) is 20.8 Å². The average Bonchev–Trinajstić information content (AvgIpc) is 3.28. The molecule has 2 aliphatic rings. The minimum absolute atomic E-state index is 0.0136. The number of phenols is 1. The number of amides is 7. The number of nitrogens with zero attached hydrogens (tertiary/aromatic N) is 2. The van der Waals surface area contributed by atoms with Crippen LogP contribution in [0, 0.1) is 11.8 Å². The molecule has 20 nitrogen and oxygen atoms in total. The number of carboxylic acids is 1. The van der Waals surface area contributed by atoms with Crippen molar-refractivity contribution in [2.75, 3.05) is 7.05 Å². The molecule has 0 aromatic heterocycles. The average molecular weight is 964 g/mol. The van der Waals surface area contributed by atoms with Crippen LogP contribution in [0.5, 0.6) is 5.75 Å². The number of carboxylic acid groups (broad SMARTS) is 1. The van der Waals surface area contributed by atoms with Crippen molar-refractivity contribution in [3.8, 4) is 5.75 Å². The molecule has 0 saturated carbocycles. The maximum atomic E-state index is 14.8. The van der Waals surface area contributed by atoms with Gasteiger partial charge in [-0.3, -0.25) is 38.4 Å². The second kappa shape index (κ2) is 25.7. The Kier molecular flexibility index (Phi) is 20.5. The zero-order valence-electron chi connectivity index (χ0n) is 40.4. The van der Waals surface area contributed by atoms with Crippen LogP contribution < -0.4 is 26.6 Å². The van der Waals surface area contributed by atoms with Gasteiger partial charge in [0.05, 0.1) is 6.42 Å². The van der Waals surface area contributed by atoms with Gasteiger partial charge in [-0.1, -0.05) is 89.9 Å². The smallest absolute Gasteiger partial charge is 0.329 e. The van der Waals surface area contributed by atoms with E-state index in [2.05, 4.69) is 26.6 Å². The van der Waals surface area contributed by atoms with E-state index in [4.69, 9.17) is 4.74 Å². The predicted molar refractivity (Wildman–Crippen MR) is 250 cm³/mol. The summed E-state index contributed by atoms with van der Waals surface area (Å²) in [7, 11) is 1.39. The zero-order valence-corrected chi connectivity index (χ0v) is 40.4. The van der Waals surface area contributed by atoms with Crippen LogP contribution in [0.1, 0.15) is 104 Å². The van der Waals surface area contributed by atoms with Crippen molar-refractivity contribution < 1.29 is 63.2 Å². The third-order valence-corrected chi connectivity index (χ3v) is 12.2. The normalized spacial score (nSPS) is 24.8. The molecule has 0 unspecified atom stereocenters. The maximum Gasteiger partial charge on any atom is 0.329 e. The molecule has 2 aromatic rings. The molecule has 20 heteroatoms. The number of phenolic OH excluding ortho intramolecular Hbond substituents is 1. The zero-order chi connectivity index (χ0) is 51.1. The number of benzene rings is 2. The lowest BCUT2D eigenvalue weighted by Crippen LogP contribution is -2.65. The number of hydrogen-bond acceptors (Lipinski definition) is 12. The fourth-order valence-corrected chi connectivity index (χ4v) is 8.33. The number of cyclic esters (lactones) is 1. The van der Waals surface area contributed by atoms with Gasteiger partial charge < -0.3 is 56.4 Å².